The first-order valence-corrected chi connectivity index (χ1v) is 9.22. The van der Waals surface area contributed by atoms with Gasteiger partial charge in [-0.05, 0) is 36.2 Å². The van der Waals surface area contributed by atoms with Crippen LogP contribution < -0.4 is 11.1 Å². The molecule has 2 aromatic heterocycles. The van der Waals surface area contributed by atoms with E-state index >= 15 is 0 Å². The average Bonchev–Trinajstić information content (AvgIpc) is 3.08. The molecule has 1 atom stereocenters. The number of nitrogens with zero attached hydrogens (tertiary/aromatic N) is 2. The second-order valence-electron chi connectivity index (χ2n) is 7.73. The summed E-state index contributed by atoms with van der Waals surface area (Å²) in [5.41, 5.74) is 7.78. The van der Waals surface area contributed by atoms with Crippen molar-refractivity contribution in [2.24, 2.45) is 24.1 Å². The maximum Gasteiger partial charge on any atom is 0.259 e. The van der Waals surface area contributed by atoms with Crippen LogP contribution >= 0.6 is 11.3 Å². The Hall–Kier alpha value is -2.15. The van der Waals surface area contributed by atoms with Crippen LogP contribution in [0.4, 0.5) is 5.00 Å². The van der Waals surface area contributed by atoms with E-state index in [0.717, 1.165) is 24.8 Å². The first kappa shape index (κ1) is 17.7. The van der Waals surface area contributed by atoms with Gasteiger partial charge in [-0.1, -0.05) is 20.8 Å². The Morgan fingerprint density at radius 3 is 2.68 bits per heavy atom. The molecule has 25 heavy (non-hydrogen) atoms. The van der Waals surface area contributed by atoms with E-state index in [1.807, 2.05) is 0 Å². The zero-order valence-electron chi connectivity index (χ0n) is 15.0. The highest BCUT2D eigenvalue weighted by atomic mass is 32.1. The van der Waals surface area contributed by atoms with Crippen LogP contribution in [0.15, 0.2) is 12.4 Å². The monoisotopic (exact) mass is 360 g/mol. The van der Waals surface area contributed by atoms with Gasteiger partial charge in [0, 0.05) is 18.1 Å². The van der Waals surface area contributed by atoms with Crippen LogP contribution in [0.5, 0.6) is 0 Å². The molecule has 0 radical (unpaired) electrons. The Bertz CT molecular complexity index is 829. The lowest BCUT2D eigenvalue weighted by atomic mass is 9.72. The van der Waals surface area contributed by atoms with Crippen molar-refractivity contribution in [3.05, 3.63) is 34.0 Å². The van der Waals surface area contributed by atoms with Gasteiger partial charge in [0.05, 0.1) is 17.3 Å². The van der Waals surface area contributed by atoms with E-state index in [1.54, 1.807) is 17.9 Å². The molecule has 0 unspecified atom stereocenters. The van der Waals surface area contributed by atoms with Gasteiger partial charge in [-0.25, -0.2) is 0 Å². The minimum Gasteiger partial charge on any atom is -0.365 e. The van der Waals surface area contributed by atoms with E-state index in [0.29, 0.717) is 22.0 Å². The average molecular weight is 360 g/mol. The summed E-state index contributed by atoms with van der Waals surface area (Å²) in [5.74, 6) is -0.198. The molecule has 7 heteroatoms. The number of nitrogens with two attached hydrogens (primary N) is 1. The maximum absolute atomic E-state index is 12.4. The summed E-state index contributed by atoms with van der Waals surface area (Å²) in [4.78, 5) is 25.6. The lowest BCUT2D eigenvalue weighted by Gasteiger charge is -2.33. The van der Waals surface area contributed by atoms with Gasteiger partial charge < -0.3 is 11.1 Å². The minimum absolute atomic E-state index is 0.216. The molecule has 2 aromatic rings. The fourth-order valence-corrected chi connectivity index (χ4v) is 4.72. The summed E-state index contributed by atoms with van der Waals surface area (Å²) < 4.78 is 1.57. The van der Waals surface area contributed by atoms with Crippen LogP contribution in [0, 0.1) is 11.3 Å². The number of thiophene rings is 1. The molecule has 0 fully saturated rings. The van der Waals surface area contributed by atoms with Gasteiger partial charge in [-0.15, -0.1) is 11.3 Å². The first-order valence-electron chi connectivity index (χ1n) is 8.41. The molecule has 0 saturated heterocycles. The smallest absolute Gasteiger partial charge is 0.259 e. The highest BCUT2D eigenvalue weighted by Gasteiger charge is 2.33. The summed E-state index contributed by atoms with van der Waals surface area (Å²) in [5, 5.41) is 7.42. The SMILES string of the molecule is Cn1cc(C(=O)Nc2sc3c(c2C(N)=O)CC[C@@H](C(C)(C)C)C3)cn1. The molecule has 1 aliphatic carbocycles. The number of aromatic nitrogens is 2. The molecule has 3 rings (SSSR count). The largest absolute Gasteiger partial charge is 0.365 e. The number of carbonyl (C=O) groups excluding carboxylic acids is 2. The summed E-state index contributed by atoms with van der Waals surface area (Å²) in [7, 11) is 1.75. The highest BCUT2D eigenvalue weighted by Crippen LogP contribution is 2.44. The number of carbonyl (C=O) groups is 2. The molecule has 0 spiro atoms. The van der Waals surface area contributed by atoms with Crippen LogP contribution in [-0.2, 0) is 19.9 Å². The van der Waals surface area contributed by atoms with E-state index in [9.17, 15) is 9.59 Å². The number of nitrogens with one attached hydrogen (secondary N) is 1. The van der Waals surface area contributed by atoms with Crippen molar-refractivity contribution in [3.63, 3.8) is 0 Å². The van der Waals surface area contributed by atoms with E-state index in [4.69, 9.17) is 5.73 Å². The highest BCUT2D eigenvalue weighted by molar-refractivity contribution is 7.17. The van der Waals surface area contributed by atoms with Gasteiger partial charge in [-0.3, -0.25) is 14.3 Å². The third-order valence-electron chi connectivity index (χ3n) is 4.93. The molecular weight excluding hydrogens is 336 g/mol. The summed E-state index contributed by atoms with van der Waals surface area (Å²) in [6.07, 6.45) is 5.93. The summed E-state index contributed by atoms with van der Waals surface area (Å²) in [6, 6.07) is 0. The standard InChI is InChI=1S/C18H24N4O2S/c1-18(2,3)11-5-6-12-13(7-11)25-17(14(12)15(19)23)21-16(24)10-8-20-22(4)9-10/h8-9,11H,5-7H2,1-4H3,(H2,19,23)(H,21,24)/t11-/m1/s1. The van der Waals surface area contributed by atoms with Crippen molar-refractivity contribution in [2.45, 2.75) is 40.0 Å². The fourth-order valence-electron chi connectivity index (χ4n) is 3.39. The molecule has 134 valence electrons. The van der Waals surface area contributed by atoms with E-state index in [-0.39, 0.29) is 11.3 Å². The lowest BCUT2D eigenvalue weighted by Crippen LogP contribution is -2.27. The van der Waals surface area contributed by atoms with Crippen molar-refractivity contribution in [1.82, 2.24) is 9.78 Å². The topological polar surface area (TPSA) is 90.0 Å². The minimum atomic E-state index is -0.479. The molecule has 3 N–H and O–H groups in total. The van der Waals surface area contributed by atoms with Crippen LogP contribution in [0.25, 0.3) is 0 Å². The van der Waals surface area contributed by atoms with Crippen molar-refractivity contribution in [1.29, 1.82) is 0 Å². The molecule has 1 aliphatic rings. The number of hydrogen-bond donors (Lipinski definition) is 2. The van der Waals surface area contributed by atoms with Crippen molar-refractivity contribution < 1.29 is 9.59 Å². The molecule has 0 aromatic carbocycles. The van der Waals surface area contributed by atoms with Gasteiger partial charge in [0.1, 0.15) is 5.00 Å². The number of rotatable bonds is 3. The third-order valence-corrected chi connectivity index (χ3v) is 6.10. The predicted octanol–water partition coefficient (Wildman–Crippen LogP) is 2.98. The number of anilines is 1. The van der Waals surface area contributed by atoms with E-state index in [1.165, 1.54) is 22.4 Å². The number of amides is 2. The van der Waals surface area contributed by atoms with Crippen LogP contribution in [0.3, 0.4) is 0 Å². The van der Waals surface area contributed by atoms with Crippen molar-refractivity contribution in [2.75, 3.05) is 5.32 Å². The number of aryl methyl sites for hydroxylation is 1. The molecule has 0 aliphatic heterocycles. The zero-order valence-corrected chi connectivity index (χ0v) is 15.9. The Balaban J connectivity index is 1.91. The number of fused-ring (bicyclic) bond motifs is 1. The molecule has 0 bridgehead atoms. The van der Waals surface area contributed by atoms with Gasteiger partial charge in [-0.2, -0.15) is 5.10 Å². The third kappa shape index (κ3) is 3.46. The van der Waals surface area contributed by atoms with Crippen LogP contribution in [0.2, 0.25) is 0 Å². The summed E-state index contributed by atoms with van der Waals surface area (Å²) in [6.45, 7) is 6.74. The lowest BCUT2D eigenvalue weighted by molar-refractivity contribution is 0.1000. The van der Waals surface area contributed by atoms with Gasteiger partial charge in [0.15, 0.2) is 0 Å². The molecule has 2 heterocycles. The van der Waals surface area contributed by atoms with Crippen molar-refractivity contribution in [3.8, 4) is 0 Å². The number of hydrogen-bond acceptors (Lipinski definition) is 4. The first-order chi connectivity index (χ1) is 11.7. The Labute approximate surface area is 151 Å². The van der Waals surface area contributed by atoms with E-state index in [2.05, 4.69) is 31.2 Å². The second-order valence-corrected chi connectivity index (χ2v) is 8.84. The summed E-state index contributed by atoms with van der Waals surface area (Å²) >= 11 is 1.48. The Morgan fingerprint density at radius 1 is 1.40 bits per heavy atom. The van der Waals surface area contributed by atoms with Crippen LogP contribution in [-0.4, -0.2) is 21.6 Å². The van der Waals surface area contributed by atoms with Crippen LogP contribution in [0.1, 0.15) is 58.3 Å². The Morgan fingerprint density at radius 2 is 2.12 bits per heavy atom. The quantitative estimate of drug-likeness (QED) is 0.882. The van der Waals surface area contributed by atoms with Crippen molar-refractivity contribution >= 4 is 28.2 Å². The molecule has 6 nitrogen and oxygen atoms in total. The predicted molar refractivity (Wildman–Crippen MR) is 99.0 cm³/mol. The molecule has 0 saturated carbocycles. The number of primary amides is 1. The normalized spacial score (nSPS) is 17.2. The maximum atomic E-state index is 12.4. The fraction of sp³-hybridized carbons (Fsp3) is 0.500. The van der Waals surface area contributed by atoms with Gasteiger partial charge in [0.2, 0.25) is 0 Å². The molecular formula is C18H24N4O2S. The van der Waals surface area contributed by atoms with E-state index < -0.39 is 5.91 Å². The Kier molecular flexibility index (Phi) is 4.45. The van der Waals surface area contributed by atoms with Gasteiger partial charge in [0.25, 0.3) is 11.8 Å². The molecule has 2 amide bonds. The van der Waals surface area contributed by atoms with Gasteiger partial charge >= 0.3 is 0 Å². The zero-order chi connectivity index (χ0) is 18.4. The second kappa shape index (κ2) is 6.29.